The summed E-state index contributed by atoms with van der Waals surface area (Å²) in [7, 11) is 2.90. The molecule has 0 bridgehead atoms. The topological polar surface area (TPSA) is 104 Å². The lowest BCUT2D eigenvalue weighted by atomic mass is 10.1. The molecule has 0 unspecified atom stereocenters. The van der Waals surface area contributed by atoms with Gasteiger partial charge in [-0.3, -0.25) is 4.98 Å². The Hall–Kier alpha value is -4.79. The summed E-state index contributed by atoms with van der Waals surface area (Å²) in [5, 5.41) is 8.32. The smallest absolute Gasteiger partial charge is 0.340 e. The average molecular weight is 481 g/mol. The standard InChI is InChI=1S/C27H24N6O3/c1-16-7-5-6-8-23(16)33-26(31-21-10-9-19(35-3)14-20(21)27(34)36-4)24(17(2)32-33)18-13-22-25(30-15-18)29-12-11-28-22/h5-15,31H,1-4H3. The molecule has 0 aliphatic rings. The molecule has 0 amide bonds. The number of nitrogens with zero attached hydrogens (tertiary/aromatic N) is 5. The minimum atomic E-state index is -0.487. The highest BCUT2D eigenvalue weighted by molar-refractivity contribution is 5.98. The first-order valence-corrected chi connectivity index (χ1v) is 11.3. The van der Waals surface area contributed by atoms with Crippen molar-refractivity contribution < 1.29 is 14.3 Å². The number of hydrogen-bond acceptors (Lipinski definition) is 8. The van der Waals surface area contributed by atoms with E-state index in [9.17, 15) is 4.79 Å². The summed E-state index contributed by atoms with van der Waals surface area (Å²) >= 11 is 0. The van der Waals surface area contributed by atoms with Crippen molar-refractivity contribution in [3.63, 3.8) is 0 Å². The first kappa shape index (κ1) is 23.0. The van der Waals surface area contributed by atoms with E-state index in [1.54, 1.807) is 43.9 Å². The molecule has 0 aliphatic heterocycles. The average Bonchev–Trinajstić information content (AvgIpc) is 3.23. The third kappa shape index (κ3) is 4.11. The van der Waals surface area contributed by atoms with Gasteiger partial charge in [0.25, 0.3) is 0 Å². The molecule has 0 radical (unpaired) electrons. The summed E-state index contributed by atoms with van der Waals surface area (Å²) in [4.78, 5) is 25.8. The van der Waals surface area contributed by atoms with Gasteiger partial charge in [0, 0.05) is 29.7 Å². The number of pyridine rings is 1. The quantitative estimate of drug-likeness (QED) is 0.337. The SMILES string of the molecule is COC(=O)c1cc(OC)ccc1Nc1c(-c2cnc3nccnc3c2)c(C)nn1-c1ccccc1C. The molecule has 0 aliphatic carbocycles. The van der Waals surface area contributed by atoms with Crippen LogP contribution in [0.3, 0.4) is 0 Å². The van der Waals surface area contributed by atoms with E-state index in [0.29, 0.717) is 34.0 Å². The fourth-order valence-corrected chi connectivity index (χ4v) is 4.12. The van der Waals surface area contributed by atoms with Gasteiger partial charge in [-0.05, 0) is 49.7 Å². The zero-order valence-electron chi connectivity index (χ0n) is 20.3. The molecule has 0 fully saturated rings. The lowest BCUT2D eigenvalue weighted by molar-refractivity contribution is 0.0601. The maximum absolute atomic E-state index is 12.6. The number of carbonyl (C=O) groups excluding carboxylic acids is 1. The first-order valence-electron chi connectivity index (χ1n) is 11.3. The number of benzene rings is 2. The highest BCUT2D eigenvalue weighted by Gasteiger charge is 2.23. The highest BCUT2D eigenvalue weighted by Crippen LogP contribution is 2.37. The van der Waals surface area contributed by atoms with Crippen molar-refractivity contribution in [3.05, 3.63) is 83.9 Å². The first-order chi connectivity index (χ1) is 17.5. The number of hydrogen-bond donors (Lipinski definition) is 1. The van der Waals surface area contributed by atoms with Crippen molar-refractivity contribution in [2.24, 2.45) is 0 Å². The van der Waals surface area contributed by atoms with Gasteiger partial charge < -0.3 is 14.8 Å². The van der Waals surface area contributed by atoms with E-state index in [4.69, 9.17) is 14.6 Å². The van der Waals surface area contributed by atoms with Gasteiger partial charge in [0.1, 0.15) is 17.1 Å². The van der Waals surface area contributed by atoms with E-state index in [1.807, 2.05) is 48.9 Å². The summed E-state index contributed by atoms with van der Waals surface area (Å²) in [6.07, 6.45) is 5.00. The number of methoxy groups -OCH3 is 2. The van der Waals surface area contributed by atoms with Gasteiger partial charge in [-0.2, -0.15) is 5.10 Å². The van der Waals surface area contributed by atoms with Crippen molar-refractivity contribution in [2.45, 2.75) is 13.8 Å². The summed E-state index contributed by atoms with van der Waals surface area (Å²) in [5.74, 6) is 0.725. The fourth-order valence-electron chi connectivity index (χ4n) is 4.12. The Labute approximate surface area is 207 Å². The molecular formula is C27H24N6O3. The Morgan fingerprint density at radius 3 is 2.56 bits per heavy atom. The van der Waals surface area contributed by atoms with Gasteiger partial charge in [-0.1, -0.05) is 18.2 Å². The summed E-state index contributed by atoms with van der Waals surface area (Å²) in [6.45, 7) is 3.96. The van der Waals surface area contributed by atoms with E-state index < -0.39 is 5.97 Å². The molecule has 0 atom stereocenters. The second kappa shape index (κ2) is 9.46. The van der Waals surface area contributed by atoms with Crippen molar-refractivity contribution in [1.82, 2.24) is 24.7 Å². The van der Waals surface area contributed by atoms with Crippen molar-refractivity contribution in [3.8, 4) is 22.6 Å². The van der Waals surface area contributed by atoms with Crippen LogP contribution in [0.4, 0.5) is 11.5 Å². The number of anilines is 2. The molecule has 2 aromatic carbocycles. The van der Waals surface area contributed by atoms with Gasteiger partial charge in [-0.15, -0.1) is 0 Å². The van der Waals surface area contributed by atoms with Crippen LogP contribution in [0.15, 0.2) is 67.1 Å². The van der Waals surface area contributed by atoms with E-state index in [1.165, 1.54) is 7.11 Å². The third-order valence-corrected chi connectivity index (χ3v) is 5.90. The van der Waals surface area contributed by atoms with Crippen molar-refractivity contribution >= 4 is 28.6 Å². The Bertz CT molecular complexity index is 1590. The Kier molecular flexibility index (Phi) is 6.03. The lowest BCUT2D eigenvalue weighted by Crippen LogP contribution is -2.09. The number of rotatable bonds is 6. The zero-order chi connectivity index (χ0) is 25.2. The van der Waals surface area contributed by atoms with Crippen LogP contribution in [-0.2, 0) is 4.74 Å². The van der Waals surface area contributed by atoms with Crippen LogP contribution < -0.4 is 10.1 Å². The van der Waals surface area contributed by atoms with Gasteiger partial charge >= 0.3 is 5.97 Å². The van der Waals surface area contributed by atoms with Crippen LogP contribution in [-0.4, -0.2) is 44.9 Å². The maximum Gasteiger partial charge on any atom is 0.340 e. The van der Waals surface area contributed by atoms with Crippen LogP contribution in [0, 0.1) is 13.8 Å². The molecule has 36 heavy (non-hydrogen) atoms. The van der Waals surface area contributed by atoms with E-state index in [0.717, 1.165) is 28.1 Å². The number of aryl methyl sites for hydroxylation is 2. The number of carbonyl (C=O) groups is 1. The predicted octanol–water partition coefficient (Wildman–Crippen LogP) is 5.03. The number of fused-ring (bicyclic) bond motifs is 1. The molecule has 0 spiro atoms. The molecule has 1 N–H and O–H groups in total. The summed E-state index contributed by atoms with van der Waals surface area (Å²) in [6, 6.07) is 15.1. The second-order valence-electron chi connectivity index (χ2n) is 8.16. The normalized spacial score (nSPS) is 10.9. The van der Waals surface area contributed by atoms with Crippen LogP contribution >= 0.6 is 0 Å². The van der Waals surface area contributed by atoms with Crippen molar-refractivity contribution in [2.75, 3.05) is 19.5 Å². The molecule has 180 valence electrons. The van der Waals surface area contributed by atoms with E-state index in [2.05, 4.69) is 20.3 Å². The Morgan fingerprint density at radius 1 is 0.972 bits per heavy atom. The largest absolute Gasteiger partial charge is 0.497 e. The van der Waals surface area contributed by atoms with Crippen LogP contribution in [0.2, 0.25) is 0 Å². The molecule has 9 nitrogen and oxygen atoms in total. The predicted molar refractivity (Wildman–Crippen MR) is 137 cm³/mol. The fraction of sp³-hybridized carbons (Fsp3) is 0.148. The van der Waals surface area contributed by atoms with Gasteiger partial charge in [0.15, 0.2) is 5.65 Å². The number of aromatic nitrogens is 5. The minimum Gasteiger partial charge on any atom is -0.497 e. The second-order valence-corrected chi connectivity index (χ2v) is 8.16. The number of nitrogens with one attached hydrogen (secondary N) is 1. The molecule has 9 heteroatoms. The summed E-state index contributed by atoms with van der Waals surface area (Å²) in [5.41, 5.74) is 6.47. The van der Waals surface area contributed by atoms with Crippen LogP contribution in [0.5, 0.6) is 5.75 Å². The minimum absolute atomic E-state index is 0.334. The number of esters is 1. The van der Waals surface area contributed by atoms with Crippen LogP contribution in [0.1, 0.15) is 21.6 Å². The monoisotopic (exact) mass is 480 g/mol. The van der Waals surface area contributed by atoms with Gasteiger partial charge in [0.05, 0.1) is 36.9 Å². The molecule has 0 saturated heterocycles. The van der Waals surface area contributed by atoms with E-state index in [-0.39, 0.29) is 0 Å². The van der Waals surface area contributed by atoms with E-state index >= 15 is 0 Å². The molecular weight excluding hydrogens is 456 g/mol. The molecule has 3 heterocycles. The zero-order valence-corrected chi connectivity index (χ0v) is 20.3. The van der Waals surface area contributed by atoms with Gasteiger partial charge in [-0.25, -0.2) is 19.4 Å². The molecule has 5 rings (SSSR count). The number of para-hydroxylation sites is 1. The Balaban J connectivity index is 1.74. The molecule has 5 aromatic rings. The third-order valence-electron chi connectivity index (χ3n) is 5.90. The maximum atomic E-state index is 12.6. The van der Waals surface area contributed by atoms with Gasteiger partial charge in [0.2, 0.25) is 0 Å². The lowest BCUT2D eigenvalue weighted by Gasteiger charge is -2.16. The van der Waals surface area contributed by atoms with Crippen molar-refractivity contribution in [1.29, 1.82) is 0 Å². The number of ether oxygens (including phenoxy) is 2. The molecule has 3 aromatic heterocycles. The molecule has 0 saturated carbocycles. The highest BCUT2D eigenvalue weighted by atomic mass is 16.5. The summed E-state index contributed by atoms with van der Waals surface area (Å²) < 4.78 is 12.2. The van der Waals surface area contributed by atoms with Crippen LogP contribution in [0.25, 0.3) is 28.0 Å². The Morgan fingerprint density at radius 2 is 1.78 bits per heavy atom.